The molecule has 0 saturated heterocycles. The Balaban J connectivity index is 3.02. The molecular weight excluding hydrogens is 106 g/mol. The summed E-state index contributed by atoms with van der Waals surface area (Å²) in [6.45, 7) is 1.85. The molecular formula is C5H4BCl. The minimum absolute atomic E-state index is 0.794. The van der Waals surface area contributed by atoms with Crippen molar-refractivity contribution in [2.75, 3.05) is 0 Å². The van der Waals surface area contributed by atoms with Crippen LogP contribution < -0.4 is 0 Å². The molecule has 1 aromatic heterocycles. The second kappa shape index (κ2) is 2.13. The van der Waals surface area contributed by atoms with Gasteiger partial charge in [0.05, 0.1) is 0 Å². The summed E-state index contributed by atoms with van der Waals surface area (Å²) in [7, 11) is 0. The van der Waals surface area contributed by atoms with Crippen LogP contribution >= 0.6 is 11.6 Å². The number of hydrogen-bond acceptors (Lipinski definition) is 0. The molecule has 2 heteroatoms. The third-order valence-electron chi connectivity index (χ3n) is 0.733. The quantitative estimate of drug-likeness (QED) is 0.477. The van der Waals surface area contributed by atoms with Gasteiger partial charge in [0.15, 0.2) is 0 Å². The third-order valence-corrected chi connectivity index (χ3v) is 0.985. The van der Waals surface area contributed by atoms with E-state index in [2.05, 4.69) is 0 Å². The van der Waals surface area contributed by atoms with Gasteiger partial charge in [0.25, 0.3) is 0 Å². The van der Waals surface area contributed by atoms with Crippen LogP contribution in [0.5, 0.6) is 0 Å². The van der Waals surface area contributed by atoms with Crippen molar-refractivity contribution in [3.63, 3.8) is 0 Å². The van der Waals surface area contributed by atoms with Crippen molar-refractivity contribution < 1.29 is 0 Å². The third kappa shape index (κ3) is 1.32. The Bertz CT molecular complexity index is 138. The number of hydrogen-bond donors (Lipinski definition) is 0. The number of rotatable bonds is 0. The van der Waals surface area contributed by atoms with Crippen LogP contribution in [-0.2, 0) is 0 Å². The summed E-state index contributed by atoms with van der Waals surface area (Å²) in [5.74, 6) is 1.91. The van der Waals surface area contributed by atoms with E-state index < -0.39 is 0 Å². The van der Waals surface area contributed by atoms with Crippen LogP contribution in [0.2, 0.25) is 4.92 Å². The van der Waals surface area contributed by atoms with E-state index in [1.165, 1.54) is 0 Å². The predicted molar refractivity (Wildman–Crippen MR) is 32.8 cm³/mol. The molecule has 0 atom stereocenters. The Labute approximate surface area is 48.3 Å². The fourth-order valence-electron chi connectivity index (χ4n) is 0.415. The monoisotopic (exact) mass is 110 g/mol. The van der Waals surface area contributed by atoms with Gasteiger partial charge in [-0.1, -0.05) is 0 Å². The topological polar surface area (TPSA) is 0 Å². The Morgan fingerprint density at radius 3 is 2.57 bits per heavy atom. The molecule has 0 aromatic carbocycles. The van der Waals surface area contributed by atoms with Gasteiger partial charge in [-0.3, -0.25) is 0 Å². The first-order valence-electron chi connectivity index (χ1n) is 2.10. The Hall–Kier alpha value is -0.295. The van der Waals surface area contributed by atoms with Gasteiger partial charge in [0.1, 0.15) is 0 Å². The van der Waals surface area contributed by atoms with E-state index >= 15 is 0 Å². The molecule has 34 valence electrons. The molecule has 0 saturated carbocycles. The van der Waals surface area contributed by atoms with E-state index in [9.17, 15) is 0 Å². The van der Waals surface area contributed by atoms with E-state index in [1.807, 2.05) is 31.1 Å². The van der Waals surface area contributed by atoms with E-state index in [0.29, 0.717) is 0 Å². The fraction of sp³-hybridized carbons (Fsp3) is 0. The molecule has 0 radical (unpaired) electrons. The van der Waals surface area contributed by atoms with E-state index in [4.69, 9.17) is 11.6 Å². The van der Waals surface area contributed by atoms with Crippen molar-refractivity contribution in [3.8, 4) is 0 Å². The van der Waals surface area contributed by atoms with Crippen LogP contribution in [-0.4, -0.2) is 6.91 Å². The first-order chi connectivity index (χ1) is 3.39. The van der Waals surface area contributed by atoms with Crippen LogP contribution in [0, 0.1) is 0 Å². The number of halogens is 1. The summed E-state index contributed by atoms with van der Waals surface area (Å²) >= 11 is 5.54. The van der Waals surface area contributed by atoms with Gasteiger partial charge in [0.2, 0.25) is 0 Å². The van der Waals surface area contributed by atoms with Gasteiger partial charge in [-0.15, -0.1) is 0 Å². The second-order valence-electron chi connectivity index (χ2n) is 1.30. The van der Waals surface area contributed by atoms with Crippen LogP contribution in [0.3, 0.4) is 0 Å². The molecule has 1 aromatic rings. The fourth-order valence-corrected chi connectivity index (χ4v) is 0.560. The summed E-state index contributed by atoms with van der Waals surface area (Å²) in [6, 6.07) is 5.69. The van der Waals surface area contributed by atoms with Gasteiger partial charge in [-0.2, -0.15) is 0 Å². The maximum absolute atomic E-state index is 5.54. The van der Waals surface area contributed by atoms with E-state index in [1.54, 1.807) is 0 Å². The van der Waals surface area contributed by atoms with Gasteiger partial charge in [0, 0.05) is 0 Å². The van der Waals surface area contributed by atoms with Crippen molar-refractivity contribution in [1.82, 2.24) is 0 Å². The summed E-state index contributed by atoms with van der Waals surface area (Å²) in [5.41, 5.74) is 0. The molecule has 0 aliphatic heterocycles. The minimum atomic E-state index is 0.794. The molecule has 0 fully saturated rings. The molecule has 0 N–H and O–H groups in total. The van der Waals surface area contributed by atoms with E-state index in [-0.39, 0.29) is 0 Å². The Morgan fingerprint density at radius 1 is 1.43 bits per heavy atom. The van der Waals surface area contributed by atoms with Gasteiger partial charge in [-0.05, 0) is 0 Å². The molecule has 1 rings (SSSR count). The molecule has 1 heterocycles. The second-order valence-corrected chi connectivity index (χ2v) is 1.73. The first-order valence-corrected chi connectivity index (χ1v) is 2.48. The molecule has 0 nitrogen and oxygen atoms in total. The van der Waals surface area contributed by atoms with Crippen LogP contribution in [0.4, 0.5) is 0 Å². The zero-order valence-electron chi connectivity index (χ0n) is 3.76. The molecule has 0 amide bonds. The first kappa shape index (κ1) is 4.85. The normalized spacial score (nSPS) is 8.14. The van der Waals surface area contributed by atoms with Gasteiger partial charge < -0.3 is 0 Å². The van der Waals surface area contributed by atoms with Crippen LogP contribution in [0.25, 0.3) is 0 Å². The average molecular weight is 110 g/mol. The molecule has 0 aliphatic rings. The summed E-state index contributed by atoms with van der Waals surface area (Å²) in [6.07, 6.45) is 0. The zero-order valence-corrected chi connectivity index (χ0v) is 4.52. The Kier molecular flexibility index (Phi) is 1.48. The van der Waals surface area contributed by atoms with Crippen molar-refractivity contribution in [1.29, 1.82) is 0 Å². The maximum atomic E-state index is 5.54. The Morgan fingerprint density at radius 2 is 2.29 bits per heavy atom. The average Bonchev–Trinajstić information content (AvgIpc) is 1.69. The summed E-state index contributed by atoms with van der Waals surface area (Å²) in [4.78, 5) is 0.794. The van der Waals surface area contributed by atoms with Gasteiger partial charge >= 0.3 is 47.6 Å². The summed E-state index contributed by atoms with van der Waals surface area (Å²) in [5, 5.41) is 0. The SMILES string of the molecule is Clc1bcccc1. The van der Waals surface area contributed by atoms with Crippen molar-refractivity contribution >= 4 is 18.5 Å². The molecule has 7 heavy (non-hydrogen) atoms. The van der Waals surface area contributed by atoms with Crippen molar-refractivity contribution in [3.05, 3.63) is 29.1 Å². The van der Waals surface area contributed by atoms with Gasteiger partial charge in [-0.25, -0.2) is 0 Å². The van der Waals surface area contributed by atoms with E-state index in [0.717, 1.165) is 4.92 Å². The molecule has 0 unspecified atom stereocenters. The van der Waals surface area contributed by atoms with Crippen molar-refractivity contribution in [2.45, 2.75) is 0 Å². The van der Waals surface area contributed by atoms with Crippen LogP contribution in [0.1, 0.15) is 0 Å². The molecule has 0 spiro atoms. The van der Waals surface area contributed by atoms with Crippen molar-refractivity contribution in [2.24, 2.45) is 0 Å². The zero-order chi connectivity index (χ0) is 5.11. The standard InChI is InChI=1S/C5H4BCl/c7-5-3-1-2-4-6-5/h1-4H. The molecule has 0 aliphatic carbocycles. The predicted octanol–water partition coefficient (Wildman–Crippen LogP) is 1.68. The van der Waals surface area contributed by atoms with Crippen LogP contribution in [0.15, 0.2) is 24.2 Å². The summed E-state index contributed by atoms with van der Waals surface area (Å²) < 4.78 is 0. The molecule has 0 bridgehead atoms.